The number of carbonyl (C=O) groups is 3. The lowest BCUT2D eigenvalue weighted by molar-refractivity contribution is -0.148. The van der Waals surface area contributed by atoms with Crippen LogP contribution in [0.25, 0.3) is 0 Å². The van der Waals surface area contributed by atoms with Crippen LogP contribution in [0, 0.1) is 23.7 Å². The monoisotopic (exact) mass is 495 g/mol. The van der Waals surface area contributed by atoms with E-state index < -0.39 is 12.0 Å². The lowest BCUT2D eigenvalue weighted by Crippen LogP contribution is -2.53. The number of amides is 2. The minimum absolute atomic E-state index is 0.0227. The van der Waals surface area contributed by atoms with Crippen LogP contribution < -0.4 is 0 Å². The lowest BCUT2D eigenvalue weighted by Gasteiger charge is -2.40. The summed E-state index contributed by atoms with van der Waals surface area (Å²) in [5.41, 5.74) is 0. The first-order valence-corrected chi connectivity index (χ1v) is 13.6. The molecule has 1 fully saturated rings. The van der Waals surface area contributed by atoms with Crippen LogP contribution in [-0.2, 0) is 19.1 Å². The number of likely N-dealkylation sites (tertiary alicyclic amines) is 1. The van der Waals surface area contributed by atoms with Crippen LogP contribution in [0.1, 0.15) is 80.6 Å². The molecule has 7 nitrogen and oxygen atoms in total. The van der Waals surface area contributed by atoms with Gasteiger partial charge in [0.2, 0.25) is 11.8 Å². The van der Waals surface area contributed by atoms with Crippen molar-refractivity contribution in [2.45, 2.75) is 105 Å². The van der Waals surface area contributed by atoms with Gasteiger partial charge in [0.1, 0.15) is 0 Å². The molecule has 7 heteroatoms. The Morgan fingerprint density at radius 3 is 2.00 bits per heavy atom. The van der Waals surface area contributed by atoms with Crippen molar-refractivity contribution in [3.8, 4) is 0 Å². The van der Waals surface area contributed by atoms with E-state index >= 15 is 0 Å². The number of likely N-dealkylation sites (N-methyl/N-ethyl adjacent to an activating group) is 2. The molecular formula is C28H53N3O4. The molecule has 0 N–H and O–H groups in total. The summed E-state index contributed by atoms with van der Waals surface area (Å²) >= 11 is 0. The highest BCUT2D eigenvalue weighted by Gasteiger charge is 2.39. The van der Waals surface area contributed by atoms with E-state index in [1.54, 1.807) is 12.0 Å². The average Bonchev–Trinajstić information content (AvgIpc) is 3.21. The Morgan fingerprint density at radius 1 is 1.00 bits per heavy atom. The normalized spacial score (nSPS) is 20.7. The molecule has 0 aromatic carbocycles. The van der Waals surface area contributed by atoms with Gasteiger partial charge in [-0.2, -0.15) is 0 Å². The van der Waals surface area contributed by atoms with Crippen LogP contribution in [0.5, 0.6) is 0 Å². The van der Waals surface area contributed by atoms with Crippen LogP contribution in [-0.4, -0.2) is 91.3 Å². The minimum atomic E-state index is -0.410. The number of ketones is 1. The first kappa shape index (κ1) is 31.6. The number of methoxy groups -OCH3 is 1. The number of hydrogen-bond acceptors (Lipinski definition) is 5. The summed E-state index contributed by atoms with van der Waals surface area (Å²) in [6, 6.07) is -0.208. The molecule has 1 rings (SSSR count). The predicted octanol–water partition coefficient (Wildman–Crippen LogP) is 4.09. The maximum Gasteiger partial charge on any atom is 0.226 e. The average molecular weight is 496 g/mol. The fourth-order valence-corrected chi connectivity index (χ4v) is 5.79. The summed E-state index contributed by atoms with van der Waals surface area (Å²) < 4.78 is 5.88. The molecule has 0 bridgehead atoms. The van der Waals surface area contributed by atoms with E-state index in [9.17, 15) is 14.4 Å². The zero-order valence-electron chi connectivity index (χ0n) is 24.3. The number of hydrogen-bond donors (Lipinski definition) is 0. The third kappa shape index (κ3) is 8.28. The minimum Gasteiger partial charge on any atom is -0.379 e. The van der Waals surface area contributed by atoms with Gasteiger partial charge in [0.05, 0.1) is 24.6 Å². The largest absolute Gasteiger partial charge is 0.379 e. The van der Waals surface area contributed by atoms with Crippen molar-refractivity contribution in [2.24, 2.45) is 23.7 Å². The number of Topliss-reactive ketones (excluding diaryl/α,β-unsaturated/α-hetero) is 1. The molecule has 1 saturated heterocycles. The fraction of sp³-hybridized carbons (Fsp3) is 0.893. The molecule has 2 amide bonds. The van der Waals surface area contributed by atoms with Gasteiger partial charge in [0.15, 0.2) is 5.78 Å². The maximum atomic E-state index is 13.9. The van der Waals surface area contributed by atoms with Gasteiger partial charge >= 0.3 is 0 Å². The molecule has 0 radical (unpaired) electrons. The second-order valence-electron chi connectivity index (χ2n) is 11.6. The highest BCUT2D eigenvalue weighted by molar-refractivity contribution is 5.90. The molecule has 35 heavy (non-hydrogen) atoms. The molecule has 0 saturated carbocycles. The number of ether oxygens (including phenoxy) is 1. The standard InChI is InChI=1S/C28H53N3O4/c1-12-20(6)27(24(35-11)17-25(33)31-15-13-14-21(31)7)30(10)28(34)22(18(2)3)16-23(32)26(19(4)5)29(8)9/h18-22,24,26-27H,12-17H2,1-11H3/t20-,21+,22-,24+,26-,27-/m0/s1. The number of carbonyl (C=O) groups excluding carboxylic acids is 3. The fourth-order valence-electron chi connectivity index (χ4n) is 5.79. The predicted molar refractivity (Wildman–Crippen MR) is 142 cm³/mol. The van der Waals surface area contributed by atoms with Crippen molar-refractivity contribution in [2.75, 3.05) is 34.8 Å². The summed E-state index contributed by atoms with van der Waals surface area (Å²) in [5, 5.41) is 0. The summed E-state index contributed by atoms with van der Waals surface area (Å²) in [6.45, 7) is 15.2. The van der Waals surface area contributed by atoms with E-state index in [4.69, 9.17) is 4.74 Å². The van der Waals surface area contributed by atoms with Crippen molar-refractivity contribution in [1.82, 2.24) is 14.7 Å². The van der Waals surface area contributed by atoms with Crippen molar-refractivity contribution in [3.05, 3.63) is 0 Å². The molecule has 0 aromatic heterocycles. The van der Waals surface area contributed by atoms with E-state index in [0.29, 0.717) is 0 Å². The van der Waals surface area contributed by atoms with Gasteiger partial charge in [0, 0.05) is 39.1 Å². The highest BCUT2D eigenvalue weighted by Crippen LogP contribution is 2.28. The Hall–Kier alpha value is -1.47. The molecular weight excluding hydrogens is 442 g/mol. The highest BCUT2D eigenvalue weighted by atomic mass is 16.5. The van der Waals surface area contributed by atoms with Gasteiger partial charge in [-0.25, -0.2) is 0 Å². The van der Waals surface area contributed by atoms with E-state index in [0.717, 1.165) is 25.8 Å². The van der Waals surface area contributed by atoms with Crippen molar-refractivity contribution < 1.29 is 19.1 Å². The van der Waals surface area contributed by atoms with Crippen LogP contribution in [0.3, 0.4) is 0 Å². The Labute approximate surface area is 214 Å². The topological polar surface area (TPSA) is 70.2 Å². The third-order valence-corrected chi connectivity index (χ3v) is 8.02. The molecule has 0 spiro atoms. The van der Waals surface area contributed by atoms with Crippen molar-refractivity contribution in [1.29, 1.82) is 0 Å². The maximum absolute atomic E-state index is 13.9. The van der Waals surface area contributed by atoms with Crippen LogP contribution in [0.2, 0.25) is 0 Å². The molecule has 0 aromatic rings. The zero-order chi connectivity index (χ0) is 27.0. The van der Waals surface area contributed by atoms with Gasteiger partial charge in [-0.15, -0.1) is 0 Å². The van der Waals surface area contributed by atoms with Crippen molar-refractivity contribution >= 4 is 17.6 Å². The number of rotatable bonds is 14. The summed E-state index contributed by atoms with van der Waals surface area (Å²) in [5.74, 6) is 0.0872. The quantitative estimate of drug-likeness (QED) is 0.363. The molecule has 1 aliphatic heterocycles. The van der Waals surface area contributed by atoms with Gasteiger partial charge in [0.25, 0.3) is 0 Å². The van der Waals surface area contributed by atoms with E-state index in [1.165, 1.54) is 0 Å². The zero-order valence-corrected chi connectivity index (χ0v) is 24.3. The molecule has 204 valence electrons. The summed E-state index contributed by atoms with van der Waals surface area (Å²) in [6.07, 6.45) is 3.01. The SMILES string of the molecule is CC[C@H](C)[C@@H]([C@@H](CC(=O)N1CCC[C@H]1C)OC)N(C)C(=O)[C@@H](CC(=O)[C@H](C(C)C)N(C)C)C(C)C. The molecule has 0 unspecified atom stereocenters. The first-order valence-electron chi connectivity index (χ1n) is 13.6. The second kappa shape index (κ2) is 14.3. The van der Waals surface area contributed by atoms with E-state index in [-0.39, 0.29) is 66.3 Å². The van der Waals surface area contributed by atoms with Gasteiger partial charge in [-0.1, -0.05) is 48.0 Å². The van der Waals surface area contributed by atoms with E-state index in [1.807, 2.05) is 58.6 Å². The lowest BCUT2D eigenvalue weighted by atomic mass is 9.83. The summed E-state index contributed by atoms with van der Waals surface area (Å²) in [4.78, 5) is 45.9. The van der Waals surface area contributed by atoms with E-state index in [2.05, 4.69) is 20.8 Å². The van der Waals surface area contributed by atoms with Crippen LogP contribution >= 0.6 is 0 Å². The Bertz CT molecular complexity index is 686. The molecule has 0 aliphatic carbocycles. The van der Waals surface area contributed by atoms with Crippen molar-refractivity contribution in [3.63, 3.8) is 0 Å². The Balaban J connectivity index is 3.15. The molecule has 1 heterocycles. The Kier molecular flexibility index (Phi) is 12.9. The summed E-state index contributed by atoms with van der Waals surface area (Å²) in [7, 11) is 7.29. The second-order valence-corrected chi connectivity index (χ2v) is 11.6. The first-order chi connectivity index (χ1) is 16.3. The Morgan fingerprint density at radius 2 is 1.60 bits per heavy atom. The van der Waals surface area contributed by atoms with Gasteiger partial charge in [-0.3, -0.25) is 19.3 Å². The molecule has 6 atom stereocenters. The third-order valence-electron chi connectivity index (χ3n) is 8.02. The number of nitrogens with zero attached hydrogens (tertiary/aromatic N) is 3. The van der Waals surface area contributed by atoms with Gasteiger partial charge in [-0.05, 0) is 51.6 Å². The molecule has 1 aliphatic rings. The van der Waals surface area contributed by atoms with Crippen LogP contribution in [0.15, 0.2) is 0 Å². The van der Waals surface area contributed by atoms with Gasteiger partial charge < -0.3 is 14.5 Å². The van der Waals surface area contributed by atoms with Crippen LogP contribution in [0.4, 0.5) is 0 Å². The smallest absolute Gasteiger partial charge is 0.226 e.